The van der Waals surface area contributed by atoms with Crippen LogP contribution >= 0.6 is 11.3 Å². The van der Waals surface area contributed by atoms with Crippen molar-refractivity contribution in [3.05, 3.63) is 83.3 Å². The quantitative estimate of drug-likeness (QED) is 0.182. The zero-order valence-electron chi connectivity index (χ0n) is 26.4. The summed E-state index contributed by atoms with van der Waals surface area (Å²) in [5.41, 5.74) is 3.12. The van der Waals surface area contributed by atoms with Crippen molar-refractivity contribution in [1.29, 1.82) is 0 Å². The highest BCUT2D eigenvalue weighted by molar-refractivity contribution is 7.21. The summed E-state index contributed by atoms with van der Waals surface area (Å²) >= 11 is 1.18. The highest BCUT2D eigenvalue weighted by Crippen LogP contribution is 2.45. The predicted octanol–water partition coefficient (Wildman–Crippen LogP) is 5.63. The fourth-order valence-corrected chi connectivity index (χ4v) is 6.58. The number of anilines is 4. The van der Waals surface area contributed by atoms with Gasteiger partial charge >= 0.3 is 6.03 Å². The molecule has 2 aliphatic heterocycles. The minimum atomic E-state index is -0.447. The van der Waals surface area contributed by atoms with Gasteiger partial charge in [0.25, 0.3) is 5.91 Å². The van der Waals surface area contributed by atoms with Crippen LogP contribution in [0.1, 0.15) is 20.9 Å². The number of nitrogens with one attached hydrogen (secondary N) is 2. The van der Waals surface area contributed by atoms with E-state index in [1.807, 2.05) is 37.3 Å². The van der Waals surface area contributed by atoms with Gasteiger partial charge in [-0.25, -0.2) is 19.7 Å². The monoisotopic (exact) mass is 667 g/mol. The molecule has 13 nitrogen and oxygen atoms in total. The van der Waals surface area contributed by atoms with Crippen molar-refractivity contribution in [3.63, 3.8) is 0 Å². The normalized spacial score (nSPS) is 14.5. The molecule has 1 fully saturated rings. The summed E-state index contributed by atoms with van der Waals surface area (Å²) in [5, 5.41) is 6.42. The van der Waals surface area contributed by atoms with Gasteiger partial charge in [0.1, 0.15) is 35.0 Å². The highest BCUT2D eigenvalue weighted by atomic mass is 32.1. The molecule has 2 aliphatic rings. The molecule has 0 atom stereocenters. The Balaban J connectivity index is 1.08. The zero-order chi connectivity index (χ0) is 33.0. The van der Waals surface area contributed by atoms with E-state index in [2.05, 4.69) is 30.5 Å². The second-order valence-corrected chi connectivity index (χ2v) is 12.1. The number of aromatic nitrogens is 3. The number of hydrogen-bond acceptors (Lipinski definition) is 11. The Morgan fingerprint density at radius 1 is 1.02 bits per heavy atom. The van der Waals surface area contributed by atoms with E-state index in [9.17, 15) is 9.59 Å². The van der Waals surface area contributed by atoms with Crippen molar-refractivity contribution in [3.8, 4) is 17.2 Å². The molecule has 3 aromatic heterocycles. The van der Waals surface area contributed by atoms with E-state index < -0.39 is 11.9 Å². The minimum Gasteiger partial charge on any atom is -0.493 e. The third kappa shape index (κ3) is 6.45. The molecular weight excluding hydrogens is 634 g/mol. The summed E-state index contributed by atoms with van der Waals surface area (Å²) in [5.74, 6) is 1.73. The standard InChI is InChI=1S/C34H33N7O6S/c1-21-17-24(7-9-25(21)47-19-23-5-3-4-10-35-23)41-31-28-29(39-34(41)43)30(48-33(28)37-20-36-31)32(42)38-22-6-8-26(27(18-22)44-2)46-16-13-40-11-14-45-15-12-40/h3-10,17-18,20H,11-16,19H2,1-2H3,(H,38,42)(H,39,43). The predicted molar refractivity (Wildman–Crippen MR) is 182 cm³/mol. The number of amides is 3. The second kappa shape index (κ2) is 13.8. The molecule has 2 aromatic carbocycles. The lowest BCUT2D eigenvalue weighted by Gasteiger charge is -2.27. The lowest BCUT2D eigenvalue weighted by atomic mass is 10.1. The lowest BCUT2D eigenvalue weighted by Crippen LogP contribution is -2.38. The molecule has 0 unspecified atom stereocenters. The van der Waals surface area contributed by atoms with E-state index in [-0.39, 0.29) is 0 Å². The van der Waals surface area contributed by atoms with Crippen LogP contribution in [0.15, 0.2) is 67.1 Å². The second-order valence-electron chi connectivity index (χ2n) is 11.1. The van der Waals surface area contributed by atoms with Gasteiger partial charge in [-0.1, -0.05) is 6.07 Å². The van der Waals surface area contributed by atoms with Crippen LogP contribution in [0.2, 0.25) is 0 Å². The van der Waals surface area contributed by atoms with Gasteiger partial charge in [0, 0.05) is 37.6 Å². The van der Waals surface area contributed by atoms with Gasteiger partial charge in [0.2, 0.25) is 0 Å². The molecule has 48 heavy (non-hydrogen) atoms. The van der Waals surface area contributed by atoms with E-state index >= 15 is 0 Å². The van der Waals surface area contributed by atoms with Crippen LogP contribution in [-0.2, 0) is 11.3 Å². The number of pyridine rings is 1. The van der Waals surface area contributed by atoms with E-state index in [1.165, 1.54) is 22.6 Å². The van der Waals surface area contributed by atoms with Gasteiger partial charge in [0.05, 0.1) is 42.8 Å². The SMILES string of the molecule is COc1cc(NC(=O)c2sc3ncnc4c3c2NC(=O)N4c2ccc(OCc3ccccn3)c(C)c2)ccc1OCCN1CCOCC1. The van der Waals surface area contributed by atoms with E-state index in [1.54, 1.807) is 37.6 Å². The maximum absolute atomic E-state index is 13.6. The highest BCUT2D eigenvalue weighted by Gasteiger charge is 2.34. The average Bonchev–Trinajstić information content (AvgIpc) is 3.48. The van der Waals surface area contributed by atoms with Gasteiger partial charge < -0.3 is 29.6 Å². The Bertz CT molecular complexity index is 1970. The minimum absolute atomic E-state index is 0.305. The Morgan fingerprint density at radius 3 is 2.67 bits per heavy atom. The number of carbonyl (C=O) groups excluding carboxylic acids is 2. The van der Waals surface area contributed by atoms with Crippen LogP contribution in [0.25, 0.3) is 10.2 Å². The molecule has 3 amide bonds. The third-order valence-corrected chi connectivity index (χ3v) is 9.13. The van der Waals surface area contributed by atoms with Crippen molar-refractivity contribution in [1.82, 2.24) is 19.9 Å². The number of methoxy groups -OCH3 is 1. The zero-order valence-corrected chi connectivity index (χ0v) is 27.2. The molecule has 0 spiro atoms. The van der Waals surface area contributed by atoms with Gasteiger partial charge in [0.15, 0.2) is 17.3 Å². The smallest absolute Gasteiger partial charge is 0.332 e. The van der Waals surface area contributed by atoms with Crippen LogP contribution in [0.5, 0.6) is 17.2 Å². The molecule has 2 N–H and O–H groups in total. The molecule has 7 rings (SSSR count). The van der Waals surface area contributed by atoms with Crippen LogP contribution in [0.4, 0.5) is 27.7 Å². The van der Waals surface area contributed by atoms with Crippen molar-refractivity contribution >= 4 is 56.4 Å². The first kappa shape index (κ1) is 31.3. The molecule has 5 aromatic rings. The third-order valence-electron chi connectivity index (χ3n) is 8.03. The van der Waals surface area contributed by atoms with E-state index in [0.717, 1.165) is 44.1 Å². The molecule has 1 saturated heterocycles. The van der Waals surface area contributed by atoms with E-state index in [4.69, 9.17) is 18.9 Å². The van der Waals surface area contributed by atoms with Gasteiger partial charge in [-0.15, -0.1) is 11.3 Å². The number of aryl methyl sites for hydroxylation is 1. The first-order valence-corrected chi connectivity index (χ1v) is 16.2. The number of carbonyl (C=O) groups is 2. The van der Waals surface area contributed by atoms with Crippen molar-refractivity contribution in [2.75, 3.05) is 62.1 Å². The molecule has 0 aliphatic carbocycles. The molecular formula is C34H33N7O6S. The van der Waals surface area contributed by atoms with Crippen molar-refractivity contribution < 1.29 is 28.5 Å². The number of benzene rings is 2. The molecule has 246 valence electrons. The van der Waals surface area contributed by atoms with E-state index in [0.29, 0.717) is 68.4 Å². The average molecular weight is 668 g/mol. The largest absolute Gasteiger partial charge is 0.493 e. The number of hydrogen-bond donors (Lipinski definition) is 2. The molecule has 0 radical (unpaired) electrons. The van der Waals surface area contributed by atoms with Gasteiger partial charge in [-0.05, 0) is 55.0 Å². The Morgan fingerprint density at radius 2 is 1.88 bits per heavy atom. The van der Waals surface area contributed by atoms with Crippen molar-refractivity contribution in [2.24, 2.45) is 0 Å². The fraction of sp³-hybridized carbons (Fsp3) is 0.265. The number of rotatable bonds is 11. The Kier molecular flexibility index (Phi) is 9.01. The molecule has 0 saturated carbocycles. The fourth-order valence-electron chi connectivity index (χ4n) is 5.60. The molecule has 0 bridgehead atoms. The summed E-state index contributed by atoms with van der Waals surface area (Å²) in [6.45, 7) is 6.72. The summed E-state index contributed by atoms with van der Waals surface area (Å²) < 4.78 is 22.9. The maximum atomic E-state index is 13.6. The number of ether oxygens (including phenoxy) is 4. The number of thiophene rings is 1. The Hall–Kier alpha value is -5.31. The lowest BCUT2D eigenvalue weighted by molar-refractivity contribution is 0.0321. The molecule has 5 heterocycles. The number of urea groups is 1. The van der Waals surface area contributed by atoms with Gasteiger partial charge in [-0.2, -0.15) is 0 Å². The number of nitrogens with zero attached hydrogens (tertiary/aromatic N) is 5. The Labute approximate surface area is 280 Å². The summed E-state index contributed by atoms with van der Waals surface area (Å²) in [6, 6.07) is 15.9. The summed E-state index contributed by atoms with van der Waals surface area (Å²) in [6.07, 6.45) is 3.12. The van der Waals surface area contributed by atoms with Crippen molar-refractivity contribution in [2.45, 2.75) is 13.5 Å². The van der Waals surface area contributed by atoms with Crippen LogP contribution in [0, 0.1) is 6.92 Å². The molecule has 14 heteroatoms. The summed E-state index contributed by atoms with van der Waals surface area (Å²) in [7, 11) is 1.55. The first-order chi connectivity index (χ1) is 23.5. The first-order valence-electron chi connectivity index (χ1n) is 15.4. The topological polar surface area (TPSA) is 140 Å². The maximum Gasteiger partial charge on any atom is 0.332 e. The van der Waals surface area contributed by atoms with Gasteiger partial charge in [-0.3, -0.25) is 14.7 Å². The number of morpholine rings is 1. The van der Waals surface area contributed by atoms with Crippen LogP contribution in [0.3, 0.4) is 0 Å². The van der Waals surface area contributed by atoms with Crippen LogP contribution < -0.4 is 29.7 Å². The van der Waals surface area contributed by atoms with Crippen LogP contribution in [-0.4, -0.2) is 78.4 Å². The summed E-state index contributed by atoms with van der Waals surface area (Å²) in [4.78, 5) is 45.0.